The van der Waals surface area contributed by atoms with E-state index in [0.29, 0.717) is 28.8 Å². The lowest BCUT2D eigenvalue weighted by Gasteiger charge is -2.08. The van der Waals surface area contributed by atoms with E-state index >= 15 is 0 Å². The third kappa shape index (κ3) is 4.94. The Bertz CT molecular complexity index is 831. The quantitative estimate of drug-likeness (QED) is 0.474. The molecule has 0 fully saturated rings. The third-order valence-corrected chi connectivity index (χ3v) is 4.08. The molecule has 1 amide bonds. The molecule has 2 aromatic rings. The van der Waals surface area contributed by atoms with Crippen molar-refractivity contribution in [2.75, 3.05) is 24.9 Å². The number of rotatable bonds is 8. The van der Waals surface area contributed by atoms with Gasteiger partial charge >= 0.3 is 5.97 Å². The molecule has 2 rings (SSSR count). The van der Waals surface area contributed by atoms with E-state index in [1.165, 1.54) is 21.1 Å². The summed E-state index contributed by atoms with van der Waals surface area (Å²) in [6.45, 7) is 1.18. The number of benzene rings is 1. The van der Waals surface area contributed by atoms with Crippen molar-refractivity contribution in [2.45, 2.75) is 19.8 Å². The van der Waals surface area contributed by atoms with Gasteiger partial charge in [-0.1, -0.05) is 15.9 Å². The van der Waals surface area contributed by atoms with Crippen LogP contribution < -0.4 is 19.5 Å². The van der Waals surface area contributed by atoms with Crippen LogP contribution in [-0.2, 0) is 9.59 Å². The fourth-order valence-electron chi connectivity index (χ4n) is 2.32. The summed E-state index contributed by atoms with van der Waals surface area (Å²) in [7, 11) is 2.98. The maximum Gasteiger partial charge on any atom is 0.308 e. The molecule has 8 nitrogen and oxygen atoms in total. The lowest BCUT2D eigenvalue weighted by atomic mass is 10.1. The highest BCUT2D eigenvalue weighted by atomic mass is 79.9. The predicted molar refractivity (Wildman–Crippen MR) is 102 cm³/mol. The summed E-state index contributed by atoms with van der Waals surface area (Å²) in [6.07, 6.45) is 0.849. The highest BCUT2D eigenvalue weighted by Gasteiger charge is 2.26. The first-order valence-electron chi connectivity index (χ1n) is 8.03. The topological polar surface area (TPSA) is 107 Å². The minimum Gasteiger partial charge on any atom is -0.502 e. The zero-order chi connectivity index (χ0) is 20.0. The second-order valence-corrected chi connectivity index (χ2v) is 6.24. The van der Waals surface area contributed by atoms with Crippen LogP contribution in [0.15, 0.2) is 22.6 Å². The molecule has 0 aliphatic carbocycles. The fourth-order valence-corrected chi connectivity index (χ4v) is 2.60. The van der Waals surface area contributed by atoms with Gasteiger partial charge in [-0.2, -0.15) is 0 Å². The number of carbonyl (C=O) groups excluding carboxylic acids is 2. The van der Waals surface area contributed by atoms with Crippen molar-refractivity contribution >= 4 is 33.7 Å². The monoisotopic (exact) mass is 441 g/mol. The van der Waals surface area contributed by atoms with Crippen LogP contribution in [0.3, 0.4) is 0 Å². The van der Waals surface area contributed by atoms with E-state index in [0.717, 1.165) is 0 Å². The summed E-state index contributed by atoms with van der Waals surface area (Å²) < 4.78 is 21.0. The molecule has 146 valence electrons. The number of alkyl halides is 1. The summed E-state index contributed by atoms with van der Waals surface area (Å²) in [4.78, 5) is 23.4. The van der Waals surface area contributed by atoms with Crippen LogP contribution in [0.1, 0.15) is 19.8 Å². The Morgan fingerprint density at radius 2 is 1.93 bits per heavy atom. The van der Waals surface area contributed by atoms with Gasteiger partial charge in [0.05, 0.1) is 14.2 Å². The summed E-state index contributed by atoms with van der Waals surface area (Å²) in [5.41, 5.74) is 0.444. The third-order valence-electron chi connectivity index (χ3n) is 3.52. The van der Waals surface area contributed by atoms with Crippen LogP contribution in [0.4, 0.5) is 5.88 Å². The molecule has 0 bridgehead atoms. The van der Waals surface area contributed by atoms with Crippen LogP contribution in [0, 0.1) is 0 Å². The van der Waals surface area contributed by atoms with Gasteiger partial charge in [-0.05, 0) is 24.6 Å². The molecule has 1 aromatic carbocycles. The van der Waals surface area contributed by atoms with Crippen molar-refractivity contribution in [2.24, 2.45) is 0 Å². The Morgan fingerprint density at radius 1 is 1.22 bits per heavy atom. The average Bonchev–Trinajstić information content (AvgIpc) is 2.94. The van der Waals surface area contributed by atoms with Crippen molar-refractivity contribution in [1.29, 1.82) is 0 Å². The minimum atomic E-state index is -0.666. The molecule has 1 heterocycles. The molecule has 0 aliphatic rings. The van der Waals surface area contributed by atoms with E-state index < -0.39 is 11.7 Å². The molecular formula is C18H20BrNO7. The molecule has 0 aliphatic heterocycles. The van der Waals surface area contributed by atoms with Crippen molar-refractivity contribution in [3.05, 3.63) is 18.2 Å². The number of nitrogens with one attached hydrogen (secondary N) is 1. The number of methoxy groups -OCH3 is 2. The summed E-state index contributed by atoms with van der Waals surface area (Å²) in [6, 6.07) is 4.86. The largest absolute Gasteiger partial charge is 0.502 e. The highest BCUT2D eigenvalue weighted by Crippen LogP contribution is 2.47. The van der Waals surface area contributed by atoms with E-state index in [1.807, 2.05) is 0 Å². The van der Waals surface area contributed by atoms with Crippen molar-refractivity contribution in [3.63, 3.8) is 0 Å². The van der Waals surface area contributed by atoms with Gasteiger partial charge in [-0.15, -0.1) is 0 Å². The minimum absolute atomic E-state index is 0.0167. The smallest absolute Gasteiger partial charge is 0.308 e. The molecule has 0 atom stereocenters. The van der Waals surface area contributed by atoms with Crippen LogP contribution in [-0.4, -0.2) is 36.5 Å². The molecule has 0 radical (unpaired) electrons. The SMILES string of the molecule is COc1ccc(-c2oc(NC(=O)CCCBr)c(OC(C)=O)c2O)cc1OC. The summed E-state index contributed by atoms with van der Waals surface area (Å²) >= 11 is 3.25. The number of amides is 1. The molecular weight excluding hydrogens is 422 g/mol. The Balaban J connectivity index is 2.45. The van der Waals surface area contributed by atoms with Crippen molar-refractivity contribution in [3.8, 4) is 34.3 Å². The molecule has 1 aromatic heterocycles. The van der Waals surface area contributed by atoms with Gasteiger partial charge in [0.15, 0.2) is 17.3 Å². The zero-order valence-corrected chi connectivity index (χ0v) is 16.7. The first-order chi connectivity index (χ1) is 12.9. The second kappa shape index (κ2) is 9.31. The Labute approximate surface area is 164 Å². The number of hydrogen-bond acceptors (Lipinski definition) is 7. The normalized spacial score (nSPS) is 10.4. The van der Waals surface area contributed by atoms with Crippen molar-refractivity contribution < 1.29 is 33.3 Å². The number of carbonyl (C=O) groups is 2. The van der Waals surface area contributed by atoms with Crippen LogP contribution in [0.2, 0.25) is 0 Å². The van der Waals surface area contributed by atoms with Crippen LogP contribution in [0.5, 0.6) is 23.0 Å². The number of aromatic hydroxyl groups is 1. The molecule has 9 heteroatoms. The molecule has 27 heavy (non-hydrogen) atoms. The number of ether oxygens (including phenoxy) is 3. The van der Waals surface area contributed by atoms with Crippen LogP contribution in [0.25, 0.3) is 11.3 Å². The second-order valence-electron chi connectivity index (χ2n) is 5.44. The number of halogens is 1. The van der Waals surface area contributed by atoms with E-state index in [1.54, 1.807) is 18.2 Å². The highest BCUT2D eigenvalue weighted by molar-refractivity contribution is 9.09. The number of furan rings is 1. The van der Waals surface area contributed by atoms with Crippen molar-refractivity contribution in [1.82, 2.24) is 0 Å². The van der Waals surface area contributed by atoms with E-state index in [9.17, 15) is 14.7 Å². The Kier molecular flexibility index (Phi) is 7.12. The first kappa shape index (κ1) is 20.6. The van der Waals surface area contributed by atoms with E-state index in [2.05, 4.69) is 21.2 Å². The Hall–Kier alpha value is -2.68. The van der Waals surface area contributed by atoms with Gasteiger partial charge in [0.1, 0.15) is 0 Å². The lowest BCUT2D eigenvalue weighted by molar-refractivity contribution is -0.132. The van der Waals surface area contributed by atoms with E-state index in [4.69, 9.17) is 18.6 Å². The van der Waals surface area contributed by atoms with E-state index in [-0.39, 0.29) is 29.7 Å². The van der Waals surface area contributed by atoms with Gasteiger partial charge in [0.2, 0.25) is 23.3 Å². The average molecular weight is 442 g/mol. The fraction of sp³-hybridized carbons (Fsp3) is 0.333. The molecule has 2 N–H and O–H groups in total. The van der Waals surface area contributed by atoms with Gasteiger partial charge in [-0.3, -0.25) is 14.9 Å². The zero-order valence-electron chi connectivity index (χ0n) is 15.1. The first-order valence-corrected chi connectivity index (χ1v) is 9.15. The number of anilines is 1. The maximum atomic E-state index is 12.0. The summed E-state index contributed by atoms with van der Waals surface area (Å²) in [5.74, 6) is -0.877. The molecule has 0 saturated carbocycles. The molecule has 0 spiro atoms. The lowest BCUT2D eigenvalue weighted by Crippen LogP contribution is -2.12. The van der Waals surface area contributed by atoms with Crippen LogP contribution >= 0.6 is 15.9 Å². The summed E-state index contributed by atoms with van der Waals surface area (Å²) in [5, 5.41) is 13.7. The van der Waals surface area contributed by atoms with Gasteiger partial charge < -0.3 is 23.7 Å². The van der Waals surface area contributed by atoms with Gasteiger partial charge in [0, 0.05) is 24.2 Å². The van der Waals surface area contributed by atoms with Gasteiger partial charge in [-0.25, -0.2) is 0 Å². The van der Waals surface area contributed by atoms with Gasteiger partial charge in [0.25, 0.3) is 0 Å². The number of esters is 1. The molecule has 0 unspecified atom stereocenters. The maximum absolute atomic E-state index is 12.0. The Morgan fingerprint density at radius 3 is 2.52 bits per heavy atom. The standard InChI is InChI=1S/C18H20BrNO7/c1-10(21)26-17-15(23)16(27-18(17)20-14(22)5-4-8-19)11-6-7-12(24-2)13(9-11)25-3/h6-7,9,23H,4-5,8H2,1-3H3,(H,20,22). The predicted octanol–water partition coefficient (Wildman–Crippen LogP) is 3.71. The molecule has 0 saturated heterocycles. The number of hydrogen-bond donors (Lipinski definition) is 2.